The molecule has 2 N–H and O–H groups in total. The molecule has 2 amide bonds. The van der Waals surface area contributed by atoms with Crippen molar-refractivity contribution in [3.8, 4) is 11.1 Å². The van der Waals surface area contributed by atoms with Crippen LogP contribution in [0.1, 0.15) is 12.5 Å². The van der Waals surface area contributed by atoms with Crippen molar-refractivity contribution in [2.75, 3.05) is 24.5 Å². The molecule has 2 aliphatic rings. The average Bonchev–Trinajstić information content (AvgIpc) is 3.42. The normalized spacial score (nSPS) is 19.4. The fourth-order valence-corrected chi connectivity index (χ4v) is 3.50. The van der Waals surface area contributed by atoms with Crippen molar-refractivity contribution in [1.29, 1.82) is 0 Å². The highest BCUT2D eigenvalue weighted by atomic mass is 19.1. The maximum atomic E-state index is 14.9. The highest BCUT2D eigenvalue weighted by Crippen LogP contribution is 2.29. The van der Waals surface area contributed by atoms with Crippen LogP contribution in [0.5, 0.6) is 0 Å². The van der Waals surface area contributed by atoms with Gasteiger partial charge in [0, 0.05) is 25.6 Å². The molecular formula is C22H23FN6O3. The van der Waals surface area contributed by atoms with Gasteiger partial charge in [-0.1, -0.05) is 24.3 Å². The summed E-state index contributed by atoms with van der Waals surface area (Å²) in [6.45, 7) is 3.16. The molecule has 2 aliphatic heterocycles. The van der Waals surface area contributed by atoms with Crippen molar-refractivity contribution in [3.05, 3.63) is 53.8 Å². The first-order chi connectivity index (χ1) is 15.5. The van der Waals surface area contributed by atoms with Gasteiger partial charge in [-0.05, 0) is 34.5 Å². The fraction of sp³-hybridized carbons (Fsp3) is 0.318. The number of nitrogens with zero attached hydrogens (tertiary/aromatic N) is 4. The molecule has 2 aromatic rings. The number of cyclic esters (lactones) is 1. The molecule has 32 heavy (non-hydrogen) atoms. The predicted octanol–water partition coefficient (Wildman–Crippen LogP) is 2.86. The molecule has 9 nitrogen and oxygen atoms in total. The summed E-state index contributed by atoms with van der Waals surface area (Å²) >= 11 is 0. The maximum absolute atomic E-state index is 14.9. The summed E-state index contributed by atoms with van der Waals surface area (Å²) in [7, 11) is 0. The zero-order valence-corrected chi connectivity index (χ0v) is 17.5. The lowest BCUT2D eigenvalue weighted by Crippen LogP contribution is -2.33. The van der Waals surface area contributed by atoms with E-state index in [4.69, 9.17) is 4.74 Å². The number of amides is 2. The summed E-state index contributed by atoms with van der Waals surface area (Å²) in [5.74, 6) is -0.635. The zero-order valence-electron chi connectivity index (χ0n) is 17.5. The Balaban J connectivity index is 1.37. The second-order valence-electron chi connectivity index (χ2n) is 7.58. The molecule has 2 aromatic carbocycles. The summed E-state index contributed by atoms with van der Waals surface area (Å²) < 4.78 is 20.1. The van der Waals surface area contributed by atoms with Crippen molar-refractivity contribution in [3.63, 3.8) is 0 Å². The molecule has 1 saturated heterocycles. The van der Waals surface area contributed by atoms with Crippen molar-refractivity contribution in [2.24, 2.45) is 15.4 Å². The highest BCUT2D eigenvalue weighted by Gasteiger charge is 2.32. The number of carbonyl (C=O) groups is 2. The Morgan fingerprint density at radius 2 is 2.03 bits per heavy atom. The summed E-state index contributed by atoms with van der Waals surface area (Å²) in [6, 6.07) is 12.2. The van der Waals surface area contributed by atoms with E-state index in [-0.39, 0.29) is 25.0 Å². The van der Waals surface area contributed by atoms with Crippen LogP contribution in [0.15, 0.2) is 57.9 Å². The Labute approximate surface area is 184 Å². The minimum Gasteiger partial charge on any atom is -0.442 e. The third kappa shape index (κ3) is 5.14. The van der Waals surface area contributed by atoms with Gasteiger partial charge in [-0.15, -0.1) is 5.10 Å². The largest absolute Gasteiger partial charge is 0.442 e. The summed E-state index contributed by atoms with van der Waals surface area (Å²) in [6.07, 6.45) is 0.655. The number of nitrogens with one attached hydrogen (secondary N) is 2. The third-order valence-electron chi connectivity index (χ3n) is 5.15. The van der Waals surface area contributed by atoms with Crippen molar-refractivity contribution in [1.82, 2.24) is 10.6 Å². The molecular weight excluding hydrogens is 415 g/mol. The molecule has 4 rings (SSSR count). The van der Waals surface area contributed by atoms with Gasteiger partial charge in [-0.3, -0.25) is 9.69 Å². The molecule has 0 radical (unpaired) electrons. The zero-order chi connectivity index (χ0) is 22.5. The molecule has 0 saturated carbocycles. The van der Waals surface area contributed by atoms with Crippen LogP contribution < -0.4 is 15.5 Å². The molecule has 1 fully saturated rings. The van der Waals surface area contributed by atoms with Gasteiger partial charge in [0.1, 0.15) is 18.0 Å². The van der Waals surface area contributed by atoms with Crippen LogP contribution in [0.2, 0.25) is 0 Å². The number of carbonyl (C=O) groups excluding carboxylic acids is 2. The van der Waals surface area contributed by atoms with Gasteiger partial charge in [0.15, 0.2) is 0 Å². The van der Waals surface area contributed by atoms with Crippen LogP contribution in [0.4, 0.5) is 14.9 Å². The van der Waals surface area contributed by atoms with Gasteiger partial charge in [0.2, 0.25) is 5.91 Å². The summed E-state index contributed by atoms with van der Waals surface area (Å²) in [5, 5.41) is 17.1. The topological polar surface area (TPSA) is 108 Å². The van der Waals surface area contributed by atoms with Gasteiger partial charge in [-0.2, -0.15) is 5.11 Å². The minimum absolute atomic E-state index is 0.0320. The van der Waals surface area contributed by atoms with Crippen LogP contribution in [-0.2, 0) is 16.1 Å². The molecule has 0 aromatic heterocycles. The first kappa shape index (κ1) is 21.6. The van der Waals surface area contributed by atoms with Crippen LogP contribution >= 0.6 is 0 Å². The minimum atomic E-state index is -0.560. The van der Waals surface area contributed by atoms with E-state index in [1.165, 1.54) is 17.9 Å². The van der Waals surface area contributed by atoms with E-state index in [1.807, 2.05) is 24.3 Å². The van der Waals surface area contributed by atoms with E-state index in [0.717, 1.165) is 11.1 Å². The van der Waals surface area contributed by atoms with E-state index >= 15 is 0 Å². The second-order valence-corrected chi connectivity index (χ2v) is 7.58. The molecule has 0 aliphatic carbocycles. The summed E-state index contributed by atoms with van der Waals surface area (Å²) in [4.78, 5) is 24.6. The number of hydrogen-bond donors (Lipinski definition) is 2. The lowest BCUT2D eigenvalue weighted by atomic mass is 10.0. The Morgan fingerprint density at radius 3 is 2.72 bits per heavy atom. The second kappa shape index (κ2) is 9.65. The van der Waals surface area contributed by atoms with Gasteiger partial charge in [-0.25, -0.2) is 9.18 Å². The average molecular weight is 438 g/mol. The van der Waals surface area contributed by atoms with Crippen molar-refractivity contribution in [2.45, 2.75) is 25.6 Å². The molecule has 2 atom stereocenters. The van der Waals surface area contributed by atoms with Crippen LogP contribution in [-0.4, -0.2) is 50.0 Å². The van der Waals surface area contributed by atoms with Crippen LogP contribution in [0.3, 0.4) is 0 Å². The molecule has 2 heterocycles. The number of ether oxygens (including phenoxy) is 1. The molecule has 10 heteroatoms. The predicted molar refractivity (Wildman–Crippen MR) is 117 cm³/mol. The monoisotopic (exact) mass is 438 g/mol. The Hall–Kier alpha value is -3.66. The van der Waals surface area contributed by atoms with Crippen LogP contribution in [0.25, 0.3) is 11.1 Å². The molecule has 0 bridgehead atoms. The Morgan fingerprint density at radius 1 is 1.22 bits per heavy atom. The van der Waals surface area contributed by atoms with Crippen LogP contribution in [0, 0.1) is 5.82 Å². The maximum Gasteiger partial charge on any atom is 0.414 e. The number of anilines is 1. The number of hydrogen-bond acceptors (Lipinski definition) is 7. The Kier molecular flexibility index (Phi) is 6.50. The summed E-state index contributed by atoms with van der Waals surface area (Å²) in [5.41, 5.74) is 2.65. The lowest BCUT2D eigenvalue weighted by Gasteiger charge is -2.15. The Bertz CT molecular complexity index is 1040. The first-order valence-electron chi connectivity index (χ1n) is 10.2. The van der Waals surface area contributed by atoms with E-state index in [0.29, 0.717) is 24.3 Å². The van der Waals surface area contributed by atoms with Crippen molar-refractivity contribution >= 4 is 23.9 Å². The standard InChI is InChI=1S/C22H23FN6O3/c1-14(30)25-12-19-13-29(22(31)32-19)18-6-7-20(21(23)8-18)16-4-2-15(3-5-16)9-24-10-17-11-26-28-27-17/h2-8,11,17,19,24H,9-10,12-13H2,1H3,(H,25,30)/t17?,19-/m0/s1. The van der Waals surface area contributed by atoms with Gasteiger partial charge >= 0.3 is 6.09 Å². The van der Waals surface area contributed by atoms with E-state index in [2.05, 4.69) is 26.1 Å². The molecule has 1 unspecified atom stereocenters. The molecule has 0 spiro atoms. The highest BCUT2D eigenvalue weighted by molar-refractivity contribution is 5.90. The van der Waals surface area contributed by atoms with Gasteiger partial charge in [0.25, 0.3) is 0 Å². The third-order valence-corrected chi connectivity index (χ3v) is 5.15. The number of benzene rings is 2. The quantitative estimate of drug-likeness (QED) is 0.661. The number of rotatable bonds is 8. The van der Waals surface area contributed by atoms with E-state index in [9.17, 15) is 14.0 Å². The first-order valence-corrected chi connectivity index (χ1v) is 10.2. The van der Waals surface area contributed by atoms with E-state index < -0.39 is 18.0 Å². The fourth-order valence-electron chi connectivity index (χ4n) is 3.50. The SMILES string of the molecule is CC(=O)NC[C@H]1CN(c2ccc(-c3ccc(CNCC4C=NN=N4)cc3)c(F)c2)C(=O)O1. The van der Waals surface area contributed by atoms with Gasteiger partial charge < -0.3 is 15.4 Å². The molecule has 166 valence electrons. The van der Waals surface area contributed by atoms with E-state index in [1.54, 1.807) is 18.3 Å². The van der Waals surface area contributed by atoms with Gasteiger partial charge in [0.05, 0.1) is 25.0 Å². The lowest BCUT2D eigenvalue weighted by molar-refractivity contribution is -0.119. The smallest absolute Gasteiger partial charge is 0.414 e. The number of halogens is 1. The van der Waals surface area contributed by atoms with Crippen molar-refractivity contribution < 1.29 is 18.7 Å².